The average Bonchev–Trinajstić information content (AvgIpc) is 2.32. The van der Waals surface area contributed by atoms with Crippen LogP contribution in [0.1, 0.15) is 12.0 Å². The summed E-state index contributed by atoms with van der Waals surface area (Å²) in [5.41, 5.74) is 11.5. The van der Waals surface area contributed by atoms with Crippen LogP contribution in [0.15, 0.2) is 53.1 Å². The molecule has 96 valence electrons. The van der Waals surface area contributed by atoms with Crippen LogP contribution in [0.25, 0.3) is 0 Å². The monoisotopic (exact) mass is 266 g/mol. The first-order valence-electron chi connectivity index (χ1n) is 5.33. The second-order valence-corrected chi connectivity index (χ2v) is 5.71. The molecule has 1 unspecified atom stereocenters. The second kappa shape index (κ2) is 4.24. The molecule has 1 aromatic rings. The van der Waals surface area contributed by atoms with Gasteiger partial charge in [0, 0.05) is 12.1 Å². The van der Waals surface area contributed by atoms with E-state index in [9.17, 15) is 8.42 Å². The Hall–Kier alpha value is -1.63. The van der Waals surface area contributed by atoms with E-state index in [1.807, 2.05) is 18.2 Å². The molecule has 0 amide bonds. The maximum absolute atomic E-state index is 11.2. The summed E-state index contributed by atoms with van der Waals surface area (Å²) in [6, 6.07) is 9.06. The average molecular weight is 266 g/mol. The van der Waals surface area contributed by atoms with Crippen molar-refractivity contribution in [1.29, 1.82) is 0 Å². The number of allylic oxidation sites excluding steroid dienone is 1. The smallest absolute Gasteiger partial charge is 0.292 e. The third-order valence-corrected chi connectivity index (χ3v) is 3.96. The topological polar surface area (TPSA) is 106 Å². The minimum absolute atomic E-state index is 0.0227. The first-order chi connectivity index (χ1) is 8.33. The van der Waals surface area contributed by atoms with Gasteiger partial charge in [-0.1, -0.05) is 36.4 Å². The van der Waals surface area contributed by atoms with Crippen LogP contribution in [-0.2, 0) is 15.7 Å². The van der Waals surface area contributed by atoms with Crippen molar-refractivity contribution in [2.24, 2.45) is 11.5 Å². The van der Waals surface area contributed by atoms with Crippen LogP contribution in [0, 0.1) is 0 Å². The van der Waals surface area contributed by atoms with Gasteiger partial charge in [-0.3, -0.25) is 4.55 Å². The zero-order chi connectivity index (χ0) is 13.4. The molecule has 1 aliphatic rings. The maximum atomic E-state index is 11.2. The van der Waals surface area contributed by atoms with Gasteiger partial charge in [-0.25, -0.2) is 0 Å². The van der Waals surface area contributed by atoms with E-state index < -0.39 is 15.7 Å². The van der Waals surface area contributed by atoms with Crippen molar-refractivity contribution in [1.82, 2.24) is 0 Å². The number of nitrogens with two attached hydrogens (primary N) is 2. The van der Waals surface area contributed by atoms with Gasteiger partial charge in [-0.2, -0.15) is 8.42 Å². The van der Waals surface area contributed by atoms with E-state index in [1.54, 1.807) is 18.2 Å². The lowest BCUT2D eigenvalue weighted by Crippen LogP contribution is -2.38. The summed E-state index contributed by atoms with van der Waals surface area (Å²) in [5, 5.41) is 0. The Bertz CT molecular complexity index is 620. The summed E-state index contributed by atoms with van der Waals surface area (Å²) >= 11 is 0. The number of benzene rings is 1. The zero-order valence-electron chi connectivity index (χ0n) is 9.58. The molecule has 1 atom stereocenters. The fourth-order valence-corrected chi connectivity index (χ4v) is 2.73. The molecule has 0 fully saturated rings. The van der Waals surface area contributed by atoms with Crippen molar-refractivity contribution in [2.45, 2.75) is 12.0 Å². The summed E-state index contributed by atoms with van der Waals surface area (Å²) in [7, 11) is -4.33. The first-order valence-corrected chi connectivity index (χ1v) is 6.77. The molecule has 0 spiro atoms. The predicted molar refractivity (Wildman–Crippen MR) is 68.8 cm³/mol. The Morgan fingerprint density at radius 3 is 2.39 bits per heavy atom. The summed E-state index contributed by atoms with van der Waals surface area (Å²) in [6.07, 6.45) is 3.00. The lowest BCUT2D eigenvalue weighted by atomic mass is 9.84. The van der Waals surface area contributed by atoms with E-state index in [0.717, 1.165) is 5.56 Å². The number of hydrogen-bond acceptors (Lipinski definition) is 4. The summed E-state index contributed by atoms with van der Waals surface area (Å²) in [6.45, 7) is 0. The fraction of sp³-hybridized carbons (Fsp3) is 0.167. The van der Waals surface area contributed by atoms with Gasteiger partial charge >= 0.3 is 0 Å². The molecular weight excluding hydrogens is 252 g/mol. The van der Waals surface area contributed by atoms with E-state index >= 15 is 0 Å². The quantitative estimate of drug-likeness (QED) is 0.688. The van der Waals surface area contributed by atoms with Crippen LogP contribution in [-0.4, -0.2) is 13.0 Å². The lowest BCUT2D eigenvalue weighted by Gasteiger charge is -2.30. The van der Waals surface area contributed by atoms with Gasteiger partial charge in [0.1, 0.15) is 0 Å². The van der Waals surface area contributed by atoms with Crippen molar-refractivity contribution in [3.05, 3.63) is 58.6 Å². The lowest BCUT2D eigenvalue weighted by molar-refractivity contribution is 0.477. The summed E-state index contributed by atoms with van der Waals surface area (Å²) < 4.78 is 31.6. The van der Waals surface area contributed by atoms with Crippen LogP contribution in [0.4, 0.5) is 0 Å². The van der Waals surface area contributed by atoms with E-state index in [-0.39, 0.29) is 17.0 Å². The van der Waals surface area contributed by atoms with Crippen molar-refractivity contribution < 1.29 is 13.0 Å². The fourth-order valence-electron chi connectivity index (χ4n) is 1.94. The standard InChI is InChI=1S/C12H14N2O3S/c13-10-6-7-12(14,8-11(10)18(15,16)17)9-4-2-1-3-5-9/h1-7H,8,13-14H2,(H,15,16,17). The van der Waals surface area contributed by atoms with Crippen molar-refractivity contribution in [3.8, 4) is 0 Å². The first kappa shape index (κ1) is 12.8. The van der Waals surface area contributed by atoms with Gasteiger partial charge in [0.05, 0.1) is 10.4 Å². The van der Waals surface area contributed by atoms with E-state index in [4.69, 9.17) is 16.0 Å². The number of rotatable bonds is 2. The minimum atomic E-state index is -4.33. The van der Waals surface area contributed by atoms with E-state index in [1.165, 1.54) is 6.08 Å². The normalized spacial score (nSPS) is 24.3. The highest BCUT2D eigenvalue weighted by molar-refractivity contribution is 7.89. The molecule has 0 saturated heterocycles. The maximum Gasteiger partial charge on any atom is 0.292 e. The van der Waals surface area contributed by atoms with Crippen LogP contribution < -0.4 is 11.5 Å². The molecule has 1 aromatic carbocycles. The molecular formula is C12H14N2O3S. The highest BCUT2D eigenvalue weighted by atomic mass is 32.2. The Kier molecular flexibility index (Phi) is 3.02. The van der Waals surface area contributed by atoms with Gasteiger partial charge in [-0.15, -0.1) is 0 Å². The van der Waals surface area contributed by atoms with E-state index in [2.05, 4.69) is 0 Å². The molecule has 2 rings (SSSR count). The van der Waals surface area contributed by atoms with Crippen LogP contribution in [0.5, 0.6) is 0 Å². The van der Waals surface area contributed by atoms with Crippen LogP contribution in [0.2, 0.25) is 0 Å². The largest absolute Gasteiger partial charge is 0.398 e. The highest BCUT2D eigenvalue weighted by Crippen LogP contribution is 2.33. The molecule has 5 N–H and O–H groups in total. The summed E-state index contributed by atoms with van der Waals surface area (Å²) in [5.74, 6) is 0. The predicted octanol–water partition coefficient (Wildman–Crippen LogP) is 0.859. The van der Waals surface area contributed by atoms with Crippen molar-refractivity contribution in [2.75, 3.05) is 0 Å². The molecule has 18 heavy (non-hydrogen) atoms. The van der Waals surface area contributed by atoms with Crippen molar-refractivity contribution in [3.63, 3.8) is 0 Å². The molecule has 0 heterocycles. The molecule has 0 aliphatic heterocycles. The van der Waals surface area contributed by atoms with Gasteiger partial charge < -0.3 is 11.5 Å². The number of hydrogen-bond donors (Lipinski definition) is 3. The third-order valence-electron chi connectivity index (χ3n) is 2.96. The molecule has 1 aliphatic carbocycles. The van der Waals surface area contributed by atoms with Gasteiger partial charge in [0.2, 0.25) is 0 Å². The zero-order valence-corrected chi connectivity index (χ0v) is 10.4. The van der Waals surface area contributed by atoms with E-state index in [0.29, 0.717) is 0 Å². The Morgan fingerprint density at radius 1 is 1.22 bits per heavy atom. The molecule has 0 aromatic heterocycles. The SMILES string of the molecule is NC1=C(S(=O)(=O)O)CC(N)(c2ccccc2)C=C1. The molecule has 5 nitrogen and oxygen atoms in total. The van der Waals surface area contributed by atoms with Gasteiger partial charge in [0.15, 0.2) is 0 Å². The van der Waals surface area contributed by atoms with Crippen LogP contribution >= 0.6 is 0 Å². The van der Waals surface area contributed by atoms with Gasteiger partial charge in [-0.05, 0) is 11.6 Å². The van der Waals surface area contributed by atoms with Crippen molar-refractivity contribution >= 4 is 10.1 Å². The highest BCUT2D eigenvalue weighted by Gasteiger charge is 2.33. The Balaban J connectivity index is 2.46. The second-order valence-electron chi connectivity index (χ2n) is 4.27. The molecule has 0 saturated carbocycles. The Labute approximate surface area is 106 Å². The Morgan fingerprint density at radius 2 is 1.83 bits per heavy atom. The minimum Gasteiger partial charge on any atom is -0.398 e. The molecule has 6 heteroatoms. The molecule has 0 radical (unpaired) electrons. The van der Waals surface area contributed by atoms with Crippen LogP contribution in [0.3, 0.4) is 0 Å². The molecule has 0 bridgehead atoms. The van der Waals surface area contributed by atoms with Gasteiger partial charge in [0.25, 0.3) is 10.1 Å². The summed E-state index contributed by atoms with van der Waals surface area (Å²) in [4.78, 5) is -0.239. The third kappa shape index (κ3) is 2.31.